The average molecular weight is 286 g/mol. The van der Waals surface area contributed by atoms with Gasteiger partial charge in [0.2, 0.25) is 0 Å². The second-order valence-electron chi connectivity index (χ2n) is 3.85. The third-order valence-corrected chi connectivity index (χ3v) is 3.27. The van der Waals surface area contributed by atoms with E-state index in [4.69, 9.17) is 28.9 Å². The van der Waals surface area contributed by atoms with E-state index in [1.54, 1.807) is 16.8 Å². The van der Waals surface area contributed by atoms with Crippen molar-refractivity contribution >= 4 is 23.2 Å². The Morgan fingerprint density at radius 2 is 2.00 bits per heavy atom. The Bertz CT molecular complexity index is 526. The zero-order valence-electron chi connectivity index (χ0n) is 9.68. The molecule has 0 aliphatic heterocycles. The number of rotatable bonds is 5. The maximum absolute atomic E-state index is 5.98. The van der Waals surface area contributed by atoms with E-state index >= 15 is 0 Å². The van der Waals surface area contributed by atoms with Crippen molar-refractivity contribution in [1.29, 1.82) is 0 Å². The molecule has 1 aromatic carbocycles. The van der Waals surface area contributed by atoms with Gasteiger partial charge in [0.1, 0.15) is 0 Å². The fraction of sp³-hybridized carbons (Fsp3) is 0.364. The Morgan fingerprint density at radius 3 is 2.72 bits per heavy atom. The smallest absolute Gasteiger partial charge is 0.182 e. The summed E-state index contributed by atoms with van der Waals surface area (Å²) in [4.78, 5) is 0. The fourth-order valence-corrected chi connectivity index (χ4v) is 1.90. The second kappa shape index (κ2) is 6.13. The standard InChI is InChI=1S/C11H13Cl2N5/c12-9-4-3-8(7-10(9)13)11-15-16-17-18(11)6-2-1-5-14/h3-4,7H,1-2,5-6,14H2. The number of aryl methyl sites for hydroxylation is 1. The second-order valence-corrected chi connectivity index (χ2v) is 4.66. The summed E-state index contributed by atoms with van der Waals surface area (Å²) in [5, 5.41) is 12.7. The molecule has 1 aromatic heterocycles. The number of hydrogen-bond acceptors (Lipinski definition) is 4. The molecule has 0 unspecified atom stereocenters. The molecule has 0 aliphatic rings. The molecule has 0 amide bonds. The van der Waals surface area contributed by atoms with Gasteiger partial charge in [0.25, 0.3) is 0 Å². The molecule has 0 fully saturated rings. The predicted octanol–water partition coefficient (Wildman–Crippen LogP) is 2.39. The molecule has 0 aliphatic carbocycles. The van der Waals surface area contributed by atoms with Crippen LogP contribution in [0.2, 0.25) is 10.0 Å². The lowest BCUT2D eigenvalue weighted by molar-refractivity contribution is 0.548. The Hall–Kier alpha value is -1.17. The van der Waals surface area contributed by atoms with Gasteiger partial charge in [0.15, 0.2) is 5.82 Å². The predicted molar refractivity (Wildman–Crippen MR) is 71.6 cm³/mol. The summed E-state index contributed by atoms with van der Waals surface area (Å²) in [6, 6.07) is 5.34. The van der Waals surface area contributed by atoms with Gasteiger partial charge in [0.05, 0.1) is 10.0 Å². The highest BCUT2D eigenvalue weighted by atomic mass is 35.5. The van der Waals surface area contributed by atoms with E-state index in [1.165, 1.54) is 0 Å². The maximum atomic E-state index is 5.98. The first-order valence-electron chi connectivity index (χ1n) is 5.64. The van der Waals surface area contributed by atoms with Gasteiger partial charge in [-0.15, -0.1) is 5.10 Å². The molecule has 2 N–H and O–H groups in total. The molecule has 1 heterocycles. The van der Waals surface area contributed by atoms with Crippen LogP contribution in [0.4, 0.5) is 0 Å². The van der Waals surface area contributed by atoms with Gasteiger partial charge in [-0.25, -0.2) is 4.68 Å². The van der Waals surface area contributed by atoms with Crippen LogP contribution >= 0.6 is 23.2 Å². The van der Waals surface area contributed by atoms with Crippen LogP contribution in [0.3, 0.4) is 0 Å². The van der Waals surface area contributed by atoms with E-state index in [2.05, 4.69) is 15.5 Å². The van der Waals surface area contributed by atoms with E-state index in [0.717, 1.165) is 24.9 Å². The van der Waals surface area contributed by atoms with Crippen LogP contribution in [0.5, 0.6) is 0 Å². The van der Waals surface area contributed by atoms with Crippen molar-refractivity contribution in [2.75, 3.05) is 6.54 Å². The molecule has 2 aromatic rings. The maximum Gasteiger partial charge on any atom is 0.182 e. The van der Waals surface area contributed by atoms with Crippen LogP contribution in [-0.2, 0) is 6.54 Å². The highest BCUT2D eigenvalue weighted by Gasteiger charge is 2.10. The van der Waals surface area contributed by atoms with E-state index in [1.807, 2.05) is 6.07 Å². The Labute approximate surface area is 115 Å². The highest BCUT2D eigenvalue weighted by Crippen LogP contribution is 2.27. The van der Waals surface area contributed by atoms with E-state index in [0.29, 0.717) is 22.4 Å². The molecule has 0 radical (unpaired) electrons. The first kappa shape index (κ1) is 13.3. The fourth-order valence-electron chi connectivity index (χ4n) is 1.60. The minimum atomic E-state index is 0.491. The van der Waals surface area contributed by atoms with Crippen LogP contribution in [0.25, 0.3) is 11.4 Å². The Kier molecular flexibility index (Phi) is 4.52. The van der Waals surface area contributed by atoms with Gasteiger partial charge >= 0.3 is 0 Å². The van der Waals surface area contributed by atoms with Crippen molar-refractivity contribution < 1.29 is 0 Å². The van der Waals surface area contributed by atoms with Crippen LogP contribution in [0.1, 0.15) is 12.8 Å². The van der Waals surface area contributed by atoms with E-state index < -0.39 is 0 Å². The van der Waals surface area contributed by atoms with Gasteiger partial charge in [-0.05, 0) is 48.0 Å². The average Bonchev–Trinajstić information content (AvgIpc) is 2.81. The molecule has 0 saturated carbocycles. The Morgan fingerprint density at radius 1 is 1.17 bits per heavy atom. The van der Waals surface area contributed by atoms with Crippen molar-refractivity contribution in [3.8, 4) is 11.4 Å². The first-order valence-corrected chi connectivity index (χ1v) is 6.39. The monoisotopic (exact) mass is 285 g/mol. The minimum Gasteiger partial charge on any atom is -0.330 e. The molecule has 2 rings (SSSR count). The van der Waals surface area contributed by atoms with Gasteiger partial charge in [0, 0.05) is 12.1 Å². The summed E-state index contributed by atoms with van der Waals surface area (Å²) in [7, 11) is 0. The quantitative estimate of drug-likeness (QED) is 0.857. The van der Waals surface area contributed by atoms with Crippen LogP contribution in [0, 0.1) is 0 Å². The summed E-state index contributed by atoms with van der Waals surface area (Å²) in [5.41, 5.74) is 6.31. The summed E-state index contributed by atoms with van der Waals surface area (Å²) in [5.74, 6) is 0.686. The molecule has 5 nitrogen and oxygen atoms in total. The van der Waals surface area contributed by atoms with Crippen molar-refractivity contribution in [2.24, 2.45) is 5.73 Å². The number of unbranched alkanes of at least 4 members (excludes halogenated alkanes) is 1. The molecule has 96 valence electrons. The lowest BCUT2D eigenvalue weighted by atomic mass is 10.2. The van der Waals surface area contributed by atoms with Gasteiger partial charge in [-0.3, -0.25) is 0 Å². The molecule has 0 spiro atoms. The normalized spacial score (nSPS) is 10.8. The Balaban J connectivity index is 2.22. The molecule has 7 heteroatoms. The topological polar surface area (TPSA) is 69.6 Å². The number of benzene rings is 1. The van der Waals surface area contributed by atoms with Gasteiger partial charge in [-0.1, -0.05) is 23.2 Å². The number of halogens is 2. The number of tetrazole rings is 1. The van der Waals surface area contributed by atoms with Crippen molar-refractivity contribution in [3.63, 3.8) is 0 Å². The van der Waals surface area contributed by atoms with Gasteiger partial charge in [-0.2, -0.15) is 0 Å². The molecular weight excluding hydrogens is 273 g/mol. The number of aromatic nitrogens is 4. The third kappa shape index (κ3) is 2.98. The molecule has 0 atom stereocenters. The molecular formula is C11H13Cl2N5. The molecule has 18 heavy (non-hydrogen) atoms. The summed E-state index contributed by atoms with van der Waals surface area (Å²) < 4.78 is 1.75. The lowest BCUT2D eigenvalue weighted by Crippen LogP contribution is -2.06. The third-order valence-electron chi connectivity index (χ3n) is 2.53. The van der Waals surface area contributed by atoms with Crippen LogP contribution < -0.4 is 5.73 Å². The summed E-state index contributed by atoms with van der Waals surface area (Å²) in [6.07, 6.45) is 1.89. The lowest BCUT2D eigenvalue weighted by Gasteiger charge is -2.05. The minimum absolute atomic E-state index is 0.491. The zero-order valence-corrected chi connectivity index (χ0v) is 11.2. The zero-order chi connectivity index (χ0) is 13.0. The van der Waals surface area contributed by atoms with Crippen molar-refractivity contribution in [3.05, 3.63) is 28.2 Å². The SMILES string of the molecule is NCCCCn1nnnc1-c1ccc(Cl)c(Cl)c1. The van der Waals surface area contributed by atoms with Crippen LogP contribution in [-0.4, -0.2) is 26.8 Å². The summed E-state index contributed by atoms with van der Waals surface area (Å²) in [6.45, 7) is 1.41. The van der Waals surface area contributed by atoms with E-state index in [-0.39, 0.29) is 0 Å². The highest BCUT2D eigenvalue weighted by molar-refractivity contribution is 6.42. The number of nitrogens with two attached hydrogens (primary N) is 1. The largest absolute Gasteiger partial charge is 0.330 e. The first-order chi connectivity index (χ1) is 8.72. The molecule has 0 saturated heterocycles. The summed E-state index contributed by atoms with van der Waals surface area (Å²) >= 11 is 11.9. The van der Waals surface area contributed by atoms with Crippen molar-refractivity contribution in [1.82, 2.24) is 20.2 Å². The van der Waals surface area contributed by atoms with Crippen LogP contribution in [0.15, 0.2) is 18.2 Å². The van der Waals surface area contributed by atoms with Gasteiger partial charge < -0.3 is 5.73 Å². The van der Waals surface area contributed by atoms with E-state index in [9.17, 15) is 0 Å². The number of nitrogens with zero attached hydrogens (tertiary/aromatic N) is 4. The van der Waals surface area contributed by atoms with Crippen molar-refractivity contribution in [2.45, 2.75) is 19.4 Å². The number of hydrogen-bond donors (Lipinski definition) is 1. The molecule has 0 bridgehead atoms.